The van der Waals surface area contributed by atoms with Gasteiger partial charge in [0.15, 0.2) is 0 Å². The van der Waals surface area contributed by atoms with Crippen LogP contribution in [-0.4, -0.2) is 33.5 Å². The highest BCUT2D eigenvalue weighted by Crippen LogP contribution is 2.34. The number of thioether (sulfide) groups is 1. The predicted molar refractivity (Wildman–Crippen MR) is 95.5 cm³/mol. The van der Waals surface area contributed by atoms with Crippen LogP contribution in [0.3, 0.4) is 0 Å². The average molecular weight is 397 g/mol. The summed E-state index contributed by atoms with van der Waals surface area (Å²) in [6.07, 6.45) is -2.36. The smallest absolute Gasteiger partial charge is 0.358 e. The zero-order valence-electron chi connectivity index (χ0n) is 12.8. The van der Waals surface area contributed by atoms with E-state index >= 15 is 0 Å². The Hall–Kier alpha value is -0.990. The number of amides is 1. The van der Waals surface area contributed by atoms with Gasteiger partial charge in [-0.25, -0.2) is 0 Å². The van der Waals surface area contributed by atoms with Crippen molar-refractivity contribution < 1.29 is 18.0 Å². The molecule has 1 aliphatic rings. The fourth-order valence-electron chi connectivity index (χ4n) is 2.21. The van der Waals surface area contributed by atoms with Crippen molar-refractivity contribution >= 4 is 51.5 Å². The maximum Gasteiger partial charge on any atom is 0.416 e. The number of halogens is 4. The number of nitrogens with one attached hydrogen (secondary N) is 1. The standard InChI is InChI=1S/C15H16ClF3N2OS2/c1-9(24-14(23)21-6-2-3-7-21)13(22)20-12-8-10(15(17,18)19)4-5-11(12)16/h4-5,8-9H,2-3,6-7H2,1H3,(H,20,22)/t9-/m1/s1. The second-order valence-corrected chi connectivity index (χ2v) is 7.78. The minimum Gasteiger partial charge on any atom is -0.358 e. The van der Waals surface area contributed by atoms with E-state index < -0.39 is 22.9 Å². The highest BCUT2D eigenvalue weighted by atomic mass is 35.5. The van der Waals surface area contributed by atoms with E-state index in [4.69, 9.17) is 23.8 Å². The minimum absolute atomic E-state index is 0.0515. The molecule has 1 aromatic carbocycles. The van der Waals surface area contributed by atoms with Gasteiger partial charge in [-0.1, -0.05) is 35.6 Å². The molecule has 9 heteroatoms. The molecule has 1 atom stereocenters. The molecule has 0 unspecified atom stereocenters. The van der Waals surface area contributed by atoms with Gasteiger partial charge in [0.25, 0.3) is 0 Å². The van der Waals surface area contributed by atoms with E-state index in [0.29, 0.717) is 4.32 Å². The molecule has 1 fully saturated rings. The fourth-order valence-corrected chi connectivity index (χ4v) is 3.79. The van der Waals surface area contributed by atoms with Crippen LogP contribution in [0.4, 0.5) is 18.9 Å². The summed E-state index contributed by atoms with van der Waals surface area (Å²) in [4.78, 5) is 14.3. The van der Waals surface area contributed by atoms with Gasteiger partial charge in [0.05, 0.1) is 21.5 Å². The first-order valence-corrected chi connectivity index (χ1v) is 8.98. The van der Waals surface area contributed by atoms with Crippen molar-refractivity contribution in [3.05, 3.63) is 28.8 Å². The first-order chi connectivity index (χ1) is 11.2. The van der Waals surface area contributed by atoms with Crippen LogP contribution in [0.25, 0.3) is 0 Å². The van der Waals surface area contributed by atoms with Gasteiger partial charge in [-0.05, 0) is 38.0 Å². The van der Waals surface area contributed by atoms with Gasteiger partial charge in [0, 0.05) is 13.1 Å². The van der Waals surface area contributed by atoms with Crippen LogP contribution in [0.2, 0.25) is 5.02 Å². The molecule has 0 aliphatic carbocycles. The molecule has 1 aliphatic heterocycles. The Labute approximate surface area is 152 Å². The molecule has 0 aromatic heterocycles. The fraction of sp³-hybridized carbons (Fsp3) is 0.467. The molecule has 3 nitrogen and oxygen atoms in total. The van der Waals surface area contributed by atoms with Crippen LogP contribution >= 0.6 is 35.6 Å². The van der Waals surface area contributed by atoms with Crippen molar-refractivity contribution in [1.82, 2.24) is 4.90 Å². The van der Waals surface area contributed by atoms with Gasteiger partial charge in [-0.3, -0.25) is 4.79 Å². The molecule has 1 saturated heterocycles. The molecular formula is C15H16ClF3N2OS2. The lowest BCUT2D eigenvalue weighted by molar-refractivity contribution is -0.137. The van der Waals surface area contributed by atoms with Crippen molar-refractivity contribution in [3.8, 4) is 0 Å². The molecule has 1 aromatic rings. The maximum atomic E-state index is 12.8. The Morgan fingerprint density at radius 3 is 2.58 bits per heavy atom. The predicted octanol–water partition coefficient (Wildman–Crippen LogP) is 4.80. The van der Waals surface area contributed by atoms with E-state index in [0.717, 1.165) is 44.1 Å². The lowest BCUT2D eigenvalue weighted by Crippen LogP contribution is -2.29. The number of carbonyl (C=O) groups is 1. The normalized spacial score (nSPS) is 16.1. The average Bonchev–Trinajstić information content (AvgIpc) is 3.02. The van der Waals surface area contributed by atoms with Crippen molar-refractivity contribution in [2.75, 3.05) is 18.4 Å². The SMILES string of the molecule is C[C@@H](SC(=S)N1CCCC1)C(=O)Nc1cc(C(F)(F)F)ccc1Cl. The Morgan fingerprint density at radius 2 is 2.00 bits per heavy atom. The van der Waals surface area contributed by atoms with E-state index in [1.807, 2.05) is 4.90 Å². The van der Waals surface area contributed by atoms with E-state index in [1.165, 1.54) is 11.8 Å². The van der Waals surface area contributed by atoms with Crippen LogP contribution in [0.1, 0.15) is 25.3 Å². The first kappa shape index (κ1) is 19.3. The number of likely N-dealkylation sites (tertiary alicyclic amines) is 1. The third kappa shape index (κ3) is 5.00. The van der Waals surface area contributed by atoms with Crippen LogP contribution < -0.4 is 5.32 Å². The Balaban J connectivity index is 2.01. The lowest BCUT2D eigenvalue weighted by Gasteiger charge is -2.20. The van der Waals surface area contributed by atoms with Crippen molar-refractivity contribution in [3.63, 3.8) is 0 Å². The van der Waals surface area contributed by atoms with Gasteiger partial charge in [0.2, 0.25) is 5.91 Å². The van der Waals surface area contributed by atoms with Crippen molar-refractivity contribution in [2.24, 2.45) is 0 Å². The minimum atomic E-state index is -4.50. The van der Waals surface area contributed by atoms with E-state index in [2.05, 4.69) is 5.32 Å². The monoisotopic (exact) mass is 396 g/mol. The lowest BCUT2D eigenvalue weighted by atomic mass is 10.2. The summed E-state index contributed by atoms with van der Waals surface area (Å²) in [7, 11) is 0. The molecule has 0 spiro atoms. The van der Waals surface area contributed by atoms with E-state index in [1.54, 1.807) is 6.92 Å². The summed E-state index contributed by atoms with van der Waals surface area (Å²) in [6, 6.07) is 2.82. The molecule has 2 rings (SSSR count). The summed E-state index contributed by atoms with van der Waals surface area (Å²) < 4.78 is 38.9. The highest BCUT2D eigenvalue weighted by molar-refractivity contribution is 8.23. The largest absolute Gasteiger partial charge is 0.416 e. The third-order valence-electron chi connectivity index (χ3n) is 3.56. The highest BCUT2D eigenvalue weighted by Gasteiger charge is 2.31. The quantitative estimate of drug-likeness (QED) is 0.744. The molecule has 1 N–H and O–H groups in total. The number of hydrogen-bond donors (Lipinski definition) is 1. The summed E-state index contributed by atoms with van der Waals surface area (Å²) in [5, 5.41) is 1.96. The summed E-state index contributed by atoms with van der Waals surface area (Å²) in [5.74, 6) is -0.442. The van der Waals surface area contributed by atoms with Gasteiger partial charge >= 0.3 is 6.18 Å². The van der Waals surface area contributed by atoms with Crippen LogP contribution in [-0.2, 0) is 11.0 Å². The number of anilines is 1. The van der Waals surface area contributed by atoms with Crippen molar-refractivity contribution in [1.29, 1.82) is 0 Å². The van der Waals surface area contributed by atoms with Gasteiger partial charge < -0.3 is 10.2 Å². The topological polar surface area (TPSA) is 32.3 Å². The molecule has 24 heavy (non-hydrogen) atoms. The van der Waals surface area contributed by atoms with Crippen LogP contribution in [0.5, 0.6) is 0 Å². The van der Waals surface area contributed by atoms with Crippen LogP contribution in [0.15, 0.2) is 18.2 Å². The maximum absolute atomic E-state index is 12.8. The number of hydrogen-bond acceptors (Lipinski definition) is 3. The number of benzene rings is 1. The number of carbonyl (C=O) groups excluding carboxylic acids is 1. The Bertz CT molecular complexity index is 634. The Morgan fingerprint density at radius 1 is 1.38 bits per heavy atom. The zero-order chi connectivity index (χ0) is 17.9. The molecule has 1 heterocycles. The molecule has 0 saturated carbocycles. The molecular weight excluding hydrogens is 381 g/mol. The van der Waals surface area contributed by atoms with E-state index in [-0.39, 0.29) is 10.7 Å². The van der Waals surface area contributed by atoms with Crippen LogP contribution in [0, 0.1) is 0 Å². The van der Waals surface area contributed by atoms with E-state index in [9.17, 15) is 18.0 Å². The van der Waals surface area contributed by atoms with Crippen molar-refractivity contribution in [2.45, 2.75) is 31.2 Å². The second-order valence-electron chi connectivity index (χ2n) is 5.40. The second kappa shape index (κ2) is 7.93. The van der Waals surface area contributed by atoms with Gasteiger partial charge in [-0.2, -0.15) is 13.2 Å². The summed E-state index contributed by atoms with van der Waals surface area (Å²) in [5.41, 5.74) is -0.925. The molecule has 0 radical (unpaired) electrons. The van der Waals surface area contributed by atoms with Gasteiger partial charge in [-0.15, -0.1) is 0 Å². The molecule has 1 amide bonds. The zero-order valence-corrected chi connectivity index (χ0v) is 15.2. The number of alkyl halides is 3. The van der Waals surface area contributed by atoms with Gasteiger partial charge in [0.1, 0.15) is 4.32 Å². The number of rotatable bonds is 3. The third-order valence-corrected chi connectivity index (χ3v) is 5.47. The number of thiocarbonyl (C=S) groups is 1. The summed E-state index contributed by atoms with van der Waals surface area (Å²) >= 11 is 12.4. The number of nitrogens with zero attached hydrogens (tertiary/aromatic N) is 1. The first-order valence-electron chi connectivity index (χ1n) is 7.31. The molecule has 0 bridgehead atoms. The molecule has 132 valence electrons. The summed E-state index contributed by atoms with van der Waals surface area (Å²) in [6.45, 7) is 3.41. The Kier molecular flexibility index (Phi) is 6.39.